The normalized spacial score (nSPS) is 12.2. The standard InChI is InChI=1S/C14H18N4S/c1-10(12-5-3-11(8-15)4-6-12)18-13-7-14(19-2)17-9-16-13/h3-7,9-10H,8,15H2,1-2H3,(H,16,17,18). The maximum Gasteiger partial charge on any atom is 0.130 e. The lowest BCUT2D eigenvalue weighted by molar-refractivity contribution is 0.864. The fraction of sp³-hybridized carbons (Fsp3) is 0.286. The fourth-order valence-electron chi connectivity index (χ4n) is 1.78. The summed E-state index contributed by atoms with van der Waals surface area (Å²) in [6.07, 6.45) is 3.58. The number of thioether (sulfide) groups is 1. The molecule has 0 aliphatic heterocycles. The van der Waals surface area contributed by atoms with Crippen molar-refractivity contribution >= 4 is 17.6 Å². The van der Waals surface area contributed by atoms with Crippen molar-refractivity contribution in [1.82, 2.24) is 9.97 Å². The van der Waals surface area contributed by atoms with Crippen LogP contribution in [0.3, 0.4) is 0 Å². The molecule has 1 aromatic carbocycles. The smallest absolute Gasteiger partial charge is 0.130 e. The van der Waals surface area contributed by atoms with E-state index < -0.39 is 0 Å². The molecule has 0 amide bonds. The van der Waals surface area contributed by atoms with Crippen LogP contribution < -0.4 is 11.1 Å². The van der Waals surface area contributed by atoms with Crippen LogP contribution in [0.15, 0.2) is 41.7 Å². The molecular weight excluding hydrogens is 256 g/mol. The van der Waals surface area contributed by atoms with Gasteiger partial charge in [-0.3, -0.25) is 0 Å². The summed E-state index contributed by atoms with van der Waals surface area (Å²) in [6, 6.07) is 10.4. The minimum Gasteiger partial charge on any atom is -0.363 e. The fourth-order valence-corrected chi connectivity index (χ4v) is 2.16. The minimum absolute atomic E-state index is 0.191. The Morgan fingerprint density at radius 3 is 2.63 bits per heavy atom. The number of hydrogen-bond donors (Lipinski definition) is 2. The van der Waals surface area contributed by atoms with E-state index in [0.717, 1.165) is 16.4 Å². The van der Waals surface area contributed by atoms with E-state index in [4.69, 9.17) is 5.73 Å². The summed E-state index contributed by atoms with van der Waals surface area (Å²) < 4.78 is 0. The van der Waals surface area contributed by atoms with Gasteiger partial charge in [-0.25, -0.2) is 9.97 Å². The van der Waals surface area contributed by atoms with Crippen molar-refractivity contribution in [3.63, 3.8) is 0 Å². The summed E-state index contributed by atoms with van der Waals surface area (Å²) in [5.41, 5.74) is 7.95. The summed E-state index contributed by atoms with van der Waals surface area (Å²) in [7, 11) is 0. The zero-order chi connectivity index (χ0) is 13.7. The summed E-state index contributed by atoms with van der Waals surface area (Å²) in [4.78, 5) is 8.39. The van der Waals surface area contributed by atoms with Gasteiger partial charge in [0.2, 0.25) is 0 Å². The molecule has 100 valence electrons. The monoisotopic (exact) mass is 274 g/mol. The zero-order valence-corrected chi connectivity index (χ0v) is 11.9. The van der Waals surface area contributed by atoms with Crippen LogP contribution in [-0.2, 0) is 6.54 Å². The first-order chi connectivity index (χ1) is 9.22. The average molecular weight is 274 g/mol. The summed E-state index contributed by atoms with van der Waals surface area (Å²) in [5, 5.41) is 4.34. The van der Waals surface area contributed by atoms with E-state index in [1.54, 1.807) is 18.1 Å². The molecule has 0 bridgehead atoms. The first kappa shape index (κ1) is 13.8. The lowest BCUT2D eigenvalue weighted by Crippen LogP contribution is -2.08. The highest BCUT2D eigenvalue weighted by atomic mass is 32.2. The Morgan fingerprint density at radius 2 is 2.00 bits per heavy atom. The van der Waals surface area contributed by atoms with Gasteiger partial charge in [-0.05, 0) is 24.3 Å². The number of nitrogens with two attached hydrogens (primary N) is 1. The molecule has 1 unspecified atom stereocenters. The van der Waals surface area contributed by atoms with E-state index in [1.807, 2.05) is 12.3 Å². The van der Waals surface area contributed by atoms with E-state index >= 15 is 0 Å². The average Bonchev–Trinajstić information content (AvgIpc) is 2.47. The third-order valence-electron chi connectivity index (χ3n) is 2.93. The first-order valence-corrected chi connectivity index (χ1v) is 7.37. The molecule has 3 N–H and O–H groups in total. The second-order valence-electron chi connectivity index (χ2n) is 4.26. The van der Waals surface area contributed by atoms with Crippen LogP contribution in [0.1, 0.15) is 24.1 Å². The molecule has 1 aromatic heterocycles. The Kier molecular flexibility index (Phi) is 4.76. The van der Waals surface area contributed by atoms with Gasteiger partial charge < -0.3 is 11.1 Å². The van der Waals surface area contributed by atoms with Gasteiger partial charge in [-0.2, -0.15) is 0 Å². The van der Waals surface area contributed by atoms with Crippen LogP contribution in [0.5, 0.6) is 0 Å². The third-order valence-corrected chi connectivity index (χ3v) is 3.57. The lowest BCUT2D eigenvalue weighted by atomic mass is 10.1. The van der Waals surface area contributed by atoms with E-state index in [9.17, 15) is 0 Å². The van der Waals surface area contributed by atoms with Gasteiger partial charge in [0.1, 0.15) is 17.2 Å². The van der Waals surface area contributed by atoms with Gasteiger partial charge >= 0.3 is 0 Å². The van der Waals surface area contributed by atoms with Crippen LogP contribution in [0, 0.1) is 0 Å². The molecule has 2 rings (SSSR count). The number of benzene rings is 1. The van der Waals surface area contributed by atoms with E-state index in [-0.39, 0.29) is 6.04 Å². The Hall–Kier alpha value is -1.59. The SMILES string of the molecule is CSc1cc(NC(C)c2ccc(CN)cc2)ncn1. The molecule has 4 nitrogen and oxygen atoms in total. The molecule has 1 atom stereocenters. The van der Waals surface area contributed by atoms with Crippen LogP contribution in [-0.4, -0.2) is 16.2 Å². The second kappa shape index (κ2) is 6.54. The van der Waals surface area contributed by atoms with E-state index in [0.29, 0.717) is 6.54 Å². The van der Waals surface area contributed by atoms with Crippen LogP contribution >= 0.6 is 11.8 Å². The molecule has 0 aliphatic carbocycles. The molecule has 0 saturated heterocycles. The summed E-state index contributed by atoms with van der Waals surface area (Å²) in [5.74, 6) is 0.842. The van der Waals surface area contributed by atoms with Crippen molar-refractivity contribution in [3.8, 4) is 0 Å². The van der Waals surface area contributed by atoms with E-state index in [2.05, 4.69) is 46.5 Å². The zero-order valence-electron chi connectivity index (χ0n) is 11.1. The quantitative estimate of drug-likeness (QED) is 0.648. The topological polar surface area (TPSA) is 63.8 Å². The number of hydrogen-bond acceptors (Lipinski definition) is 5. The van der Waals surface area contributed by atoms with Crippen molar-refractivity contribution in [1.29, 1.82) is 0 Å². The molecule has 0 fully saturated rings. The van der Waals surface area contributed by atoms with Crippen molar-refractivity contribution in [2.24, 2.45) is 5.73 Å². The summed E-state index contributed by atoms with van der Waals surface area (Å²) >= 11 is 1.61. The van der Waals surface area contributed by atoms with Gasteiger partial charge in [0, 0.05) is 18.7 Å². The molecule has 0 radical (unpaired) electrons. The third kappa shape index (κ3) is 3.68. The highest BCUT2D eigenvalue weighted by Gasteiger charge is 2.06. The Morgan fingerprint density at radius 1 is 1.26 bits per heavy atom. The highest BCUT2D eigenvalue weighted by molar-refractivity contribution is 7.98. The number of nitrogens with one attached hydrogen (secondary N) is 1. The molecule has 2 aromatic rings. The van der Waals surface area contributed by atoms with Crippen LogP contribution in [0.2, 0.25) is 0 Å². The number of anilines is 1. The predicted molar refractivity (Wildman–Crippen MR) is 80.2 cm³/mol. The van der Waals surface area contributed by atoms with Crippen molar-refractivity contribution in [3.05, 3.63) is 47.8 Å². The largest absolute Gasteiger partial charge is 0.363 e. The Balaban J connectivity index is 2.08. The van der Waals surface area contributed by atoms with Gasteiger partial charge in [-0.1, -0.05) is 24.3 Å². The summed E-state index contributed by atoms with van der Waals surface area (Å²) in [6.45, 7) is 2.68. The van der Waals surface area contributed by atoms with Crippen molar-refractivity contribution in [2.45, 2.75) is 24.5 Å². The maximum atomic E-state index is 5.60. The molecule has 5 heteroatoms. The van der Waals surface area contributed by atoms with Gasteiger partial charge in [0.15, 0.2) is 0 Å². The predicted octanol–water partition coefficient (Wildman–Crippen LogP) is 2.83. The highest BCUT2D eigenvalue weighted by Crippen LogP contribution is 2.20. The Labute approximate surface area is 117 Å². The molecule has 0 aliphatic rings. The second-order valence-corrected chi connectivity index (χ2v) is 5.08. The van der Waals surface area contributed by atoms with Gasteiger partial charge in [-0.15, -0.1) is 11.8 Å². The maximum absolute atomic E-state index is 5.60. The first-order valence-electron chi connectivity index (χ1n) is 6.14. The van der Waals surface area contributed by atoms with Gasteiger partial charge in [0.05, 0.1) is 0 Å². The number of rotatable bonds is 5. The van der Waals surface area contributed by atoms with Crippen LogP contribution in [0.25, 0.3) is 0 Å². The lowest BCUT2D eigenvalue weighted by Gasteiger charge is -2.15. The Bertz CT molecular complexity index is 527. The molecule has 0 saturated carbocycles. The number of aromatic nitrogens is 2. The molecule has 1 heterocycles. The molecule has 19 heavy (non-hydrogen) atoms. The molecule has 0 spiro atoms. The number of nitrogens with zero attached hydrogens (tertiary/aromatic N) is 2. The van der Waals surface area contributed by atoms with Crippen LogP contribution in [0.4, 0.5) is 5.82 Å². The van der Waals surface area contributed by atoms with Crippen molar-refractivity contribution < 1.29 is 0 Å². The minimum atomic E-state index is 0.191. The van der Waals surface area contributed by atoms with E-state index in [1.165, 1.54) is 5.56 Å². The van der Waals surface area contributed by atoms with Gasteiger partial charge in [0.25, 0.3) is 0 Å². The van der Waals surface area contributed by atoms with Crippen molar-refractivity contribution in [2.75, 3.05) is 11.6 Å². The molecular formula is C14H18N4S.